The molecule has 1 aromatic rings. The van der Waals surface area contributed by atoms with E-state index in [0.717, 1.165) is 24.1 Å². The van der Waals surface area contributed by atoms with E-state index >= 15 is 0 Å². The number of anilines is 1. The molecule has 0 unspecified atom stereocenters. The van der Waals surface area contributed by atoms with Crippen molar-refractivity contribution in [2.45, 2.75) is 45.1 Å². The summed E-state index contributed by atoms with van der Waals surface area (Å²) in [5.74, 6) is -0.509. The number of amides is 2. The van der Waals surface area contributed by atoms with Gasteiger partial charge in [0.05, 0.1) is 5.92 Å². The van der Waals surface area contributed by atoms with Gasteiger partial charge in [-0.1, -0.05) is 32.0 Å². The molecule has 1 aliphatic rings. The van der Waals surface area contributed by atoms with Gasteiger partial charge in [-0.2, -0.15) is 0 Å². The van der Waals surface area contributed by atoms with Crippen LogP contribution in [0.3, 0.4) is 0 Å². The van der Waals surface area contributed by atoms with Gasteiger partial charge >= 0.3 is 0 Å². The summed E-state index contributed by atoms with van der Waals surface area (Å²) >= 11 is 0. The van der Waals surface area contributed by atoms with Gasteiger partial charge in [-0.15, -0.1) is 0 Å². The highest BCUT2D eigenvalue weighted by Crippen LogP contribution is 2.32. The van der Waals surface area contributed by atoms with Crippen LogP contribution >= 0.6 is 0 Å². The Balaban J connectivity index is 2.20. The molecule has 1 atom stereocenters. The summed E-state index contributed by atoms with van der Waals surface area (Å²) in [5, 5.41) is 5.84. The average molecular weight is 260 g/mol. The third-order valence-electron chi connectivity index (χ3n) is 3.65. The summed E-state index contributed by atoms with van der Waals surface area (Å²) in [6.07, 6.45) is 2.04. The average Bonchev–Trinajstić information content (AvgIpc) is 2.43. The number of fused-ring (bicyclic) bond motifs is 1. The van der Waals surface area contributed by atoms with E-state index in [0.29, 0.717) is 0 Å². The van der Waals surface area contributed by atoms with E-state index in [-0.39, 0.29) is 30.2 Å². The van der Waals surface area contributed by atoms with Crippen molar-refractivity contribution < 1.29 is 9.59 Å². The molecule has 0 saturated heterocycles. The third-order valence-corrected chi connectivity index (χ3v) is 3.65. The summed E-state index contributed by atoms with van der Waals surface area (Å²) in [5.41, 5.74) is 1.66. The van der Waals surface area contributed by atoms with Crippen LogP contribution in [0.5, 0.6) is 0 Å². The van der Waals surface area contributed by atoms with Crippen molar-refractivity contribution in [2.75, 3.05) is 5.32 Å². The van der Waals surface area contributed by atoms with Crippen LogP contribution in [0.15, 0.2) is 24.3 Å². The Labute approximate surface area is 113 Å². The molecule has 0 radical (unpaired) electrons. The molecule has 0 fully saturated rings. The molecule has 0 bridgehead atoms. The lowest BCUT2D eigenvalue weighted by atomic mass is 9.89. The Hall–Kier alpha value is -1.84. The van der Waals surface area contributed by atoms with Crippen molar-refractivity contribution in [3.63, 3.8) is 0 Å². The van der Waals surface area contributed by atoms with Gasteiger partial charge in [-0.05, 0) is 24.5 Å². The van der Waals surface area contributed by atoms with E-state index in [1.165, 1.54) is 0 Å². The largest absolute Gasteiger partial charge is 0.353 e. The molecule has 0 spiro atoms. The predicted octanol–water partition coefficient (Wildman–Crippen LogP) is 2.42. The van der Waals surface area contributed by atoms with E-state index in [1.54, 1.807) is 0 Å². The molecular weight excluding hydrogens is 240 g/mol. The van der Waals surface area contributed by atoms with E-state index in [4.69, 9.17) is 0 Å². The van der Waals surface area contributed by atoms with Gasteiger partial charge in [0.25, 0.3) is 0 Å². The van der Waals surface area contributed by atoms with Gasteiger partial charge in [0, 0.05) is 18.2 Å². The fraction of sp³-hybridized carbons (Fsp3) is 0.467. The van der Waals surface area contributed by atoms with E-state index in [2.05, 4.69) is 24.5 Å². The van der Waals surface area contributed by atoms with Crippen molar-refractivity contribution in [1.82, 2.24) is 5.32 Å². The van der Waals surface area contributed by atoms with Gasteiger partial charge in [0.1, 0.15) is 0 Å². The third kappa shape index (κ3) is 2.95. The Morgan fingerprint density at radius 2 is 2.05 bits per heavy atom. The maximum Gasteiger partial charge on any atom is 0.228 e. The lowest BCUT2D eigenvalue weighted by molar-refractivity contribution is -0.126. The molecular formula is C15H20N2O2. The molecule has 2 amide bonds. The van der Waals surface area contributed by atoms with Crippen molar-refractivity contribution in [3.05, 3.63) is 29.8 Å². The number of carbonyl (C=O) groups excluding carboxylic acids is 2. The smallest absolute Gasteiger partial charge is 0.228 e. The minimum Gasteiger partial charge on any atom is -0.353 e. The van der Waals surface area contributed by atoms with Gasteiger partial charge in [0.2, 0.25) is 11.8 Å². The highest BCUT2D eigenvalue weighted by Gasteiger charge is 2.30. The van der Waals surface area contributed by atoms with Crippen LogP contribution in [-0.2, 0) is 9.59 Å². The first-order chi connectivity index (χ1) is 9.15. The molecule has 2 rings (SSSR count). The second-order valence-corrected chi connectivity index (χ2v) is 4.91. The number of hydrogen-bond acceptors (Lipinski definition) is 2. The Kier molecular flexibility index (Phi) is 4.20. The molecule has 4 heteroatoms. The molecule has 102 valence electrons. The molecule has 0 saturated carbocycles. The number of nitrogens with one attached hydrogen (secondary N) is 2. The quantitative estimate of drug-likeness (QED) is 0.873. The van der Waals surface area contributed by atoms with E-state index in [9.17, 15) is 9.59 Å². The number of hydrogen-bond donors (Lipinski definition) is 2. The van der Waals surface area contributed by atoms with Gasteiger partial charge in [-0.25, -0.2) is 0 Å². The summed E-state index contributed by atoms with van der Waals surface area (Å²) < 4.78 is 0. The minimum atomic E-state index is -0.370. The number of rotatable bonds is 4. The normalized spacial score (nSPS) is 17.8. The second-order valence-electron chi connectivity index (χ2n) is 4.91. The lowest BCUT2D eigenvalue weighted by Crippen LogP contribution is -2.40. The molecule has 0 aliphatic carbocycles. The van der Waals surface area contributed by atoms with Crippen LogP contribution in [0.25, 0.3) is 0 Å². The molecule has 0 aromatic heterocycles. The van der Waals surface area contributed by atoms with Crippen LogP contribution in [0.1, 0.15) is 44.6 Å². The minimum absolute atomic E-state index is 0.0454. The maximum absolute atomic E-state index is 12.3. The fourth-order valence-corrected chi connectivity index (χ4v) is 2.44. The summed E-state index contributed by atoms with van der Waals surface area (Å²) in [4.78, 5) is 24.0. The molecule has 1 heterocycles. The first-order valence-corrected chi connectivity index (χ1v) is 6.84. The zero-order valence-corrected chi connectivity index (χ0v) is 11.4. The van der Waals surface area contributed by atoms with Crippen molar-refractivity contribution in [1.29, 1.82) is 0 Å². The second kappa shape index (κ2) is 5.87. The SMILES string of the molecule is CCC(CC)NC(=O)[C@@H]1CC(=O)Nc2ccccc21. The van der Waals surface area contributed by atoms with Crippen LogP contribution in [0.4, 0.5) is 5.69 Å². The molecule has 4 nitrogen and oxygen atoms in total. The van der Waals surface area contributed by atoms with Crippen molar-refractivity contribution in [2.24, 2.45) is 0 Å². The zero-order chi connectivity index (χ0) is 13.8. The summed E-state index contributed by atoms with van der Waals surface area (Å²) in [7, 11) is 0. The molecule has 1 aromatic carbocycles. The number of benzene rings is 1. The van der Waals surface area contributed by atoms with Gasteiger partial charge in [0.15, 0.2) is 0 Å². The molecule has 2 N–H and O–H groups in total. The Morgan fingerprint density at radius 3 is 2.74 bits per heavy atom. The van der Waals surface area contributed by atoms with Crippen molar-refractivity contribution >= 4 is 17.5 Å². The molecule has 19 heavy (non-hydrogen) atoms. The lowest BCUT2D eigenvalue weighted by Gasteiger charge is -2.26. The van der Waals surface area contributed by atoms with Crippen LogP contribution < -0.4 is 10.6 Å². The van der Waals surface area contributed by atoms with E-state index < -0.39 is 0 Å². The summed E-state index contributed by atoms with van der Waals surface area (Å²) in [6.45, 7) is 4.10. The topological polar surface area (TPSA) is 58.2 Å². The zero-order valence-electron chi connectivity index (χ0n) is 11.4. The first-order valence-electron chi connectivity index (χ1n) is 6.84. The Morgan fingerprint density at radius 1 is 1.37 bits per heavy atom. The number of para-hydroxylation sites is 1. The Bertz CT molecular complexity index is 481. The molecule has 1 aliphatic heterocycles. The van der Waals surface area contributed by atoms with Crippen LogP contribution in [0.2, 0.25) is 0 Å². The van der Waals surface area contributed by atoms with Gasteiger partial charge < -0.3 is 10.6 Å². The number of carbonyl (C=O) groups is 2. The van der Waals surface area contributed by atoms with E-state index in [1.807, 2.05) is 24.3 Å². The highest BCUT2D eigenvalue weighted by atomic mass is 16.2. The fourth-order valence-electron chi connectivity index (χ4n) is 2.44. The van der Waals surface area contributed by atoms with Crippen molar-refractivity contribution in [3.8, 4) is 0 Å². The van der Waals surface area contributed by atoms with Crippen LogP contribution in [0, 0.1) is 0 Å². The highest BCUT2D eigenvalue weighted by molar-refractivity contribution is 6.01. The maximum atomic E-state index is 12.3. The van der Waals surface area contributed by atoms with Gasteiger partial charge in [-0.3, -0.25) is 9.59 Å². The van der Waals surface area contributed by atoms with Crippen LogP contribution in [-0.4, -0.2) is 17.9 Å². The monoisotopic (exact) mass is 260 g/mol. The first kappa shape index (κ1) is 13.6. The standard InChI is InChI=1S/C15H20N2O2/c1-3-10(4-2)16-15(19)12-9-14(18)17-13-8-6-5-7-11(12)13/h5-8,10,12H,3-4,9H2,1-2H3,(H,16,19)(H,17,18)/t12-/m1/s1. The predicted molar refractivity (Wildman–Crippen MR) is 74.9 cm³/mol. The summed E-state index contributed by atoms with van der Waals surface area (Å²) in [6, 6.07) is 7.69.